The highest BCUT2D eigenvalue weighted by atomic mass is 19.1. The molecule has 0 bridgehead atoms. The Morgan fingerprint density at radius 2 is 1.90 bits per heavy atom. The number of hydrogen-bond donors (Lipinski definition) is 0. The molecule has 0 radical (unpaired) electrons. The Morgan fingerprint density at radius 1 is 1.30 bits per heavy atom. The zero-order valence-electron chi connectivity index (χ0n) is 11.8. The molecule has 1 aromatic rings. The van der Waals surface area contributed by atoms with Gasteiger partial charge in [-0.3, -0.25) is 9.59 Å². The van der Waals surface area contributed by atoms with Crippen LogP contribution >= 0.6 is 0 Å². The summed E-state index contributed by atoms with van der Waals surface area (Å²) in [6, 6.07) is 5.39. The third kappa shape index (κ3) is 4.87. The van der Waals surface area contributed by atoms with Crippen molar-refractivity contribution in [2.45, 2.75) is 6.92 Å². The first-order chi connectivity index (χ1) is 9.43. The molecule has 0 saturated heterocycles. The average Bonchev–Trinajstić information content (AvgIpc) is 2.45. The van der Waals surface area contributed by atoms with Crippen LogP contribution in [0.25, 0.3) is 0 Å². The van der Waals surface area contributed by atoms with E-state index in [1.165, 1.54) is 36.3 Å². The van der Waals surface area contributed by atoms with E-state index in [0.29, 0.717) is 5.75 Å². The quantitative estimate of drug-likeness (QED) is 0.742. The van der Waals surface area contributed by atoms with Gasteiger partial charge in [0.1, 0.15) is 11.6 Å². The number of halogens is 1. The zero-order chi connectivity index (χ0) is 15.1. The number of esters is 1. The van der Waals surface area contributed by atoms with Crippen LogP contribution in [0, 0.1) is 11.7 Å². The Kier molecular flexibility index (Phi) is 5.96. The van der Waals surface area contributed by atoms with Crippen LogP contribution in [0.2, 0.25) is 0 Å². The molecule has 0 spiro atoms. The summed E-state index contributed by atoms with van der Waals surface area (Å²) in [6.07, 6.45) is 0. The standard InChI is InChI=1S/C14H18FNO4/c1-10(14(18)19-3)8-16(2)13(17)9-20-12-6-4-11(15)5-7-12/h4-7,10H,8-9H2,1-3H3. The molecule has 0 fully saturated rings. The largest absolute Gasteiger partial charge is 0.484 e. The monoisotopic (exact) mass is 283 g/mol. The molecule has 1 unspecified atom stereocenters. The molecule has 0 N–H and O–H groups in total. The molecule has 20 heavy (non-hydrogen) atoms. The number of likely N-dealkylation sites (N-methyl/N-ethyl adjacent to an activating group) is 1. The number of ether oxygens (including phenoxy) is 2. The van der Waals surface area contributed by atoms with Crippen molar-refractivity contribution >= 4 is 11.9 Å². The molecule has 110 valence electrons. The van der Waals surface area contributed by atoms with Crippen molar-refractivity contribution < 1.29 is 23.5 Å². The molecule has 1 amide bonds. The summed E-state index contributed by atoms with van der Waals surface area (Å²) in [4.78, 5) is 24.5. The maximum atomic E-state index is 12.7. The summed E-state index contributed by atoms with van der Waals surface area (Å²) in [5.41, 5.74) is 0. The van der Waals surface area contributed by atoms with Crippen molar-refractivity contribution in [3.63, 3.8) is 0 Å². The number of benzene rings is 1. The molecule has 0 aliphatic heterocycles. The van der Waals surface area contributed by atoms with Gasteiger partial charge < -0.3 is 14.4 Å². The van der Waals surface area contributed by atoms with E-state index in [9.17, 15) is 14.0 Å². The van der Waals surface area contributed by atoms with Crippen LogP contribution in [0.1, 0.15) is 6.92 Å². The van der Waals surface area contributed by atoms with Gasteiger partial charge in [0.25, 0.3) is 5.91 Å². The van der Waals surface area contributed by atoms with Crippen LogP contribution < -0.4 is 4.74 Å². The van der Waals surface area contributed by atoms with Gasteiger partial charge in [0, 0.05) is 13.6 Å². The van der Waals surface area contributed by atoms with Gasteiger partial charge in [0.2, 0.25) is 0 Å². The molecule has 0 heterocycles. The number of nitrogens with zero attached hydrogens (tertiary/aromatic N) is 1. The van der Waals surface area contributed by atoms with Gasteiger partial charge in [0.05, 0.1) is 13.0 Å². The van der Waals surface area contributed by atoms with Gasteiger partial charge in [-0.25, -0.2) is 4.39 Å². The summed E-state index contributed by atoms with van der Waals surface area (Å²) >= 11 is 0. The van der Waals surface area contributed by atoms with E-state index in [1.54, 1.807) is 14.0 Å². The fourth-order valence-electron chi connectivity index (χ4n) is 1.57. The highest BCUT2D eigenvalue weighted by molar-refractivity contribution is 5.78. The number of hydrogen-bond acceptors (Lipinski definition) is 4. The number of carbonyl (C=O) groups is 2. The molecule has 0 saturated carbocycles. The number of carbonyl (C=O) groups excluding carboxylic acids is 2. The van der Waals surface area contributed by atoms with E-state index in [2.05, 4.69) is 4.74 Å². The van der Waals surface area contributed by atoms with Gasteiger partial charge in [-0.2, -0.15) is 0 Å². The van der Waals surface area contributed by atoms with Gasteiger partial charge in [-0.1, -0.05) is 6.92 Å². The maximum absolute atomic E-state index is 12.7. The zero-order valence-corrected chi connectivity index (χ0v) is 11.8. The van der Waals surface area contributed by atoms with Crippen molar-refractivity contribution in [1.29, 1.82) is 0 Å². The second-order valence-corrected chi connectivity index (χ2v) is 4.44. The van der Waals surface area contributed by atoms with Crippen molar-refractivity contribution in [3.8, 4) is 5.75 Å². The molecule has 5 nitrogen and oxygen atoms in total. The van der Waals surface area contributed by atoms with Crippen LogP contribution in [0.4, 0.5) is 4.39 Å². The minimum atomic E-state index is -0.403. The highest BCUT2D eigenvalue weighted by Crippen LogP contribution is 2.11. The fourth-order valence-corrected chi connectivity index (χ4v) is 1.57. The van der Waals surface area contributed by atoms with Crippen LogP contribution in [0.3, 0.4) is 0 Å². The highest BCUT2D eigenvalue weighted by Gasteiger charge is 2.18. The molecule has 6 heteroatoms. The summed E-state index contributed by atoms with van der Waals surface area (Å²) in [5, 5.41) is 0. The van der Waals surface area contributed by atoms with E-state index in [1.807, 2.05) is 0 Å². The van der Waals surface area contributed by atoms with Crippen molar-refractivity contribution in [1.82, 2.24) is 4.90 Å². The van der Waals surface area contributed by atoms with Crippen LogP contribution in [0.15, 0.2) is 24.3 Å². The Hall–Kier alpha value is -2.11. The summed E-state index contributed by atoms with van der Waals surface area (Å²) in [6.45, 7) is 1.75. The number of amides is 1. The Bertz CT molecular complexity index is 461. The first kappa shape index (κ1) is 15.9. The first-order valence-electron chi connectivity index (χ1n) is 6.14. The molecule has 0 aromatic heterocycles. The topological polar surface area (TPSA) is 55.8 Å². The average molecular weight is 283 g/mol. The lowest BCUT2D eigenvalue weighted by Gasteiger charge is -2.20. The van der Waals surface area contributed by atoms with E-state index < -0.39 is 5.92 Å². The predicted molar refractivity (Wildman–Crippen MR) is 70.7 cm³/mol. The molecule has 1 aromatic carbocycles. The van der Waals surface area contributed by atoms with E-state index in [0.717, 1.165) is 0 Å². The van der Waals surface area contributed by atoms with Crippen LogP contribution in [-0.4, -0.2) is 44.1 Å². The number of methoxy groups -OCH3 is 1. The Labute approximate surface area is 117 Å². The molecule has 0 aliphatic carbocycles. The summed E-state index contributed by atoms with van der Waals surface area (Å²) in [7, 11) is 2.88. The van der Waals surface area contributed by atoms with Crippen molar-refractivity contribution in [2.24, 2.45) is 5.92 Å². The molecule has 1 rings (SSSR count). The molecular weight excluding hydrogens is 265 g/mol. The Balaban J connectivity index is 2.42. The first-order valence-corrected chi connectivity index (χ1v) is 6.14. The second-order valence-electron chi connectivity index (χ2n) is 4.44. The third-order valence-electron chi connectivity index (χ3n) is 2.75. The fraction of sp³-hybridized carbons (Fsp3) is 0.429. The van der Waals surface area contributed by atoms with E-state index in [4.69, 9.17) is 4.74 Å². The summed E-state index contributed by atoms with van der Waals surface area (Å²) in [5.74, 6) is -1.00. The van der Waals surface area contributed by atoms with Crippen LogP contribution in [0.5, 0.6) is 5.75 Å². The molecule has 0 aliphatic rings. The third-order valence-corrected chi connectivity index (χ3v) is 2.75. The van der Waals surface area contributed by atoms with Crippen LogP contribution in [-0.2, 0) is 14.3 Å². The number of rotatable bonds is 6. The predicted octanol–water partition coefficient (Wildman–Crippen LogP) is 1.47. The SMILES string of the molecule is COC(=O)C(C)CN(C)C(=O)COc1ccc(F)cc1. The molecular formula is C14H18FNO4. The van der Waals surface area contributed by atoms with Gasteiger partial charge in [0.15, 0.2) is 6.61 Å². The normalized spacial score (nSPS) is 11.6. The van der Waals surface area contributed by atoms with E-state index in [-0.39, 0.29) is 30.8 Å². The second kappa shape index (κ2) is 7.47. The lowest BCUT2D eigenvalue weighted by Crippen LogP contribution is -2.37. The lowest BCUT2D eigenvalue weighted by atomic mass is 10.2. The maximum Gasteiger partial charge on any atom is 0.310 e. The van der Waals surface area contributed by atoms with Crippen molar-refractivity contribution in [2.75, 3.05) is 27.3 Å². The Morgan fingerprint density at radius 3 is 2.45 bits per heavy atom. The van der Waals surface area contributed by atoms with Gasteiger partial charge in [-0.05, 0) is 24.3 Å². The minimum absolute atomic E-state index is 0.171. The van der Waals surface area contributed by atoms with E-state index >= 15 is 0 Å². The van der Waals surface area contributed by atoms with Crippen molar-refractivity contribution in [3.05, 3.63) is 30.1 Å². The smallest absolute Gasteiger partial charge is 0.310 e. The lowest BCUT2D eigenvalue weighted by molar-refractivity contribution is -0.146. The summed E-state index contributed by atoms with van der Waals surface area (Å²) < 4.78 is 22.5. The molecule has 1 atom stereocenters. The minimum Gasteiger partial charge on any atom is -0.484 e. The van der Waals surface area contributed by atoms with Gasteiger partial charge >= 0.3 is 5.97 Å². The van der Waals surface area contributed by atoms with Gasteiger partial charge in [-0.15, -0.1) is 0 Å².